The predicted molar refractivity (Wildman–Crippen MR) is 117 cm³/mol. The minimum atomic E-state index is -0.171. The topological polar surface area (TPSA) is 73.7 Å². The van der Waals surface area contributed by atoms with E-state index in [1.807, 2.05) is 42.2 Å². The first-order chi connectivity index (χ1) is 15.2. The molecule has 160 valence electrons. The third-order valence-electron chi connectivity index (χ3n) is 6.04. The molecule has 0 unspecified atom stereocenters. The van der Waals surface area contributed by atoms with Crippen LogP contribution < -0.4 is 15.0 Å². The standard InChI is InChI=1S/C24H25N3O4/c1-2-27-23(28)18-8-4-3-7-17(18)22(25-27)24(29)26-12-5-9-19(26)16-10-11-20-21(15-16)31-14-6-13-30-20/h3-4,7-8,10-11,15,19H,2,5-6,9,12-14H2,1H3/t19-/m0/s1. The van der Waals surface area contributed by atoms with Gasteiger partial charge < -0.3 is 14.4 Å². The first kappa shape index (κ1) is 19.6. The summed E-state index contributed by atoms with van der Waals surface area (Å²) in [5.74, 6) is 1.34. The van der Waals surface area contributed by atoms with E-state index in [-0.39, 0.29) is 17.5 Å². The summed E-state index contributed by atoms with van der Waals surface area (Å²) in [4.78, 5) is 28.2. The number of fused-ring (bicyclic) bond motifs is 2. The molecule has 0 N–H and O–H groups in total. The Labute approximate surface area is 180 Å². The van der Waals surface area contributed by atoms with Gasteiger partial charge in [-0.05, 0) is 43.5 Å². The minimum absolute atomic E-state index is 0.0628. The quantitative estimate of drug-likeness (QED) is 0.649. The van der Waals surface area contributed by atoms with Crippen LogP contribution in [0.2, 0.25) is 0 Å². The van der Waals surface area contributed by atoms with Gasteiger partial charge in [0.1, 0.15) is 0 Å². The zero-order chi connectivity index (χ0) is 21.4. The van der Waals surface area contributed by atoms with Gasteiger partial charge in [0.2, 0.25) is 0 Å². The molecule has 7 nitrogen and oxygen atoms in total. The maximum atomic E-state index is 13.7. The van der Waals surface area contributed by atoms with Crippen molar-refractivity contribution in [2.75, 3.05) is 19.8 Å². The molecule has 1 atom stereocenters. The van der Waals surface area contributed by atoms with Crippen LogP contribution in [0.1, 0.15) is 48.3 Å². The SMILES string of the molecule is CCn1nc(C(=O)N2CCC[C@H]2c2ccc3c(c2)OCCCO3)c2ccccc2c1=O. The van der Waals surface area contributed by atoms with E-state index in [2.05, 4.69) is 5.10 Å². The monoisotopic (exact) mass is 419 g/mol. The van der Waals surface area contributed by atoms with E-state index in [1.54, 1.807) is 12.1 Å². The molecule has 7 heteroatoms. The van der Waals surface area contributed by atoms with Crippen molar-refractivity contribution in [2.45, 2.75) is 38.8 Å². The molecule has 1 saturated heterocycles. The first-order valence-corrected chi connectivity index (χ1v) is 10.9. The van der Waals surface area contributed by atoms with Crippen molar-refractivity contribution in [1.29, 1.82) is 0 Å². The van der Waals surface area contributed by atoms with Gasteiger partial charge in [0.15, 0.2) is 17.2 Å². The van der Waals surface area contributed by atoms with E-state index in [9.17, 15) is 9.59 Å². The van der Waals surface area contributed by atoms with Crippen molar-refractivity contribution in [1.82, 2.24) is 14.7 Å². The second-order valence-electron chi connectivity index (χ2n) is 7.93. The fourth-order valence-electron chi connectivity index (χ4n) is 4.49. The molecule has 0 bridgehead atoms. The van der Waals surface area contributed by atoms with Gasteiger partial charge in [-0.25, -0.2) is 4.68 Å². The van der Waals surface area contributed by atoms with Crippen molar-refractivity contribution in [3.8, 4) is 11.5 Å². The molecule has 2 aliphatic heterocycles. The smallest absolute Gasteiger partial charge is 0.275 e. The number of likely N-dealkylation sites (tertiary alicyclic amines) is 1. The van der Waals surface area contributed by atoms with Gasteiger partial charge in [0.25, 0.3) is 11.5 Å². The van der Waals surface area contributed by atoms with Gasteiger partial charge in [-0.15, -0.1) is 0 Å². The Kier molecular flexibility index (Phi) is 5.10. The second-order valence-corrected chi connectivity index (χ2v) is 7.93. The zero-order valence-corrected chi connectivity index (χ0v) is 17.5. The van der Waals surface area contributed by atoms with Gasteiger partial charge in [0.05, 0.1) is 24.6 Å². The van der Waals surface area contributed by atoms with Crippen molar-refractivity contribution < 1.29 is 14.3 Å². The Bertz CT molecular complexity index is 1200. The number of ether oxygens (including phenoxy) is 2. The number of carbonyl (C=O) groups is 1. The molecule has 5 rings (SSSR count). The van der Waals surface area contributed by atoms with Crippen LogP contribution in [0.25, 0.3) is 10.8 Å². The lowest BCUT2D eigenvalue weighted by molar-refractivity contribution is 0.0729. The summed E-state index contributed by atoms with van der Waals surface area (Å²) in [7, 11) is 0. The molecular weight excluding hydrogens is 394 g/mol. The number of carbonyl (C=O) groups excluding carboxylic acids is 1. The van der Waals surface area contributed by atoms with E-state index in [4.69, 9.17) is 9.47 Å². The van der Waals surface area contributed by atoms with Gasteiger partial charge >= 0.3 is 0 Å². The molecule has 0 saturated carbocycles. The molecule has 0 spiro atoms. The number of rotatable bonds is 3. The van der Waals surface area contributed by atoms with E-state index >= 15 is 0 Å². The van der Waals surface area contributed by atoms with Crippen molar-refractivity contribution >= 4 is 16.7 Å². The van der Waals surface area contributed by atoms with Crippen LogP contribution in [-0.2, 0) is 6.54 Å². The van der Waals surface area contributed by atoms with Crippen molar-refractivity contribution in [2.24, 2.45) is 0 Å². The Morgan fingerprint density at radius 1 is 1.06 bits per heavy atom. The molecule has 1 fully saturated rings. The Morgan fingerprint density at radius 2 is 1.84 bits per heavy atom. The highest BCUT2D eigenvalue weighted by molar-refractivity contribution is 6.05. The van der Waals surface area contributed by atoms with Crippen LogP contribution in [0.5, 0.6) is 11.5 Å². The molecule has 1 amide bonds. The van der Waals surface area contributed by atoms with Crippen LogP contribution in [0.4, 0.5) is 0 Å². The zero-order valence-electron chi connectivity index (χ0n) is 17.5. The highest BCUT2D eigenvalue weighted by Crippen LogP contribution is 2.38. The first-order valence-electron chi connectivity index (χ1n) is 10.9. The fraction of sp³-hybridized carbons (Fsp3) is 0.375. The molecule has 0 radical (unpaired) electrons. The molecule has 1 aromatic heterocycles. The average molecular weight is 419 g/mol. The second kappa shape index (κ2) is 8.06. The Morgan fingerprint density at radius 3 is 2.65 bits per heavy atom. The molecule has 0 aliphatic carbocycles. The summed E-state index contributed by atoms with van der Waals surface area (Å²) in [6.45, 7) is 4.19. The summed E-state index contributed by atoms with van der Waals surface area (Å²) >= 11 is 0. The lowest BCUT2D eigenvalue weighted by Gasteiger charge is -2.26. The van der Waals surface area contributed by atoms with Gasteiger partial charge in [-0.1, -0.05) is 24.3 Å². The highest BCUT2D eigenvalue weighted by Gasteiger charge is 2.33. The van der Waals surface area contributed by atoms with E-state index in [1.165, 1.54) is 4.68 Å². The largest absolute Gasteiger partial charge is 0.490 e. The molecule has 3 aromatic rings. The average Bonchev–Trinajstić information content (AvgIpc) is 3.18. The highest BCUT2D eigenvalue weighted by atomic mass is 16.5. The number of nitrogens with zero attached hydrogens (tertiary/aromatic N) is 3. The third-order valence-corrected chi connectivity index (χ3v) is 6.04. The summed E-state index contributed by atoms with van der Waals surface area (Å²) in [6, 6.07) is 13.1. The minimum Gasteiger partial charge on any atom is -0.490 e. The van der Waals surface area contributed by atoms with Gasteiger partial charge in [0, 0.05) is 24.9 Å². The van der Waals surface area contributed by atoms with Crippen molar-refractivity contribution in [3.63, 3.8) is 0 Å². The summed E-state index contributed by atoms with van der Waals surface area (Å²) in [5, 5.41) is 5.57. The fourth-order valence-corrected chi connectivity index (χ4v) is 4.49. The molecule has 2 aromatic carbocycles. The van der Waals surface area contributed by atoms with E-state index in [0.717, 1.165) is 36.3 Å². The van der Waals surface area contributed by atoms with Gasteiger partial charge in [-0.3, -0.25) is 9.59 Å². The lowest BCUT2D eigenvalue weighted by atomic mass is 10.0. The maximum Gasteiger partial charge on any atom is 0.275 e. The molecular formula is C24H25N3O4. The van der Waals surface area contributed by atoms with Gasteiger partial charge in [-0.2, -0.15) is 5.10 Å². The number of hydrogen-bond acceptors (Lipinski definition) is 5. The molecule has 31 heavy (non-hydrogen) atoms. The number of aromatic nitrogens is 2. The van der Waals surface area contributed by atoms with E-state index < -0.39 is 0 Å². The summed E-state index contributed by atoms with van der Waals surface area (Å²) in [5.41, 5.74) is 1.19. The van der Waals surface area contributed by atoms with Crippen molar-refractivity contribution in [3.05, 3.63) is 64.1 Å². The number of amides is 1. The van der Waals surface area contributed by atoms with Crippen LogP contribution >= 0.6 is 0 Å². The van der Waals surface area contributed by atoms with E-state index in [0.29, 0.717) is 42.8 Å². The maximum absolute atomic E-state index is 13.7. The predicted octanol–water partition coefficient (Wildman–Crippen LogP) is 3.56. The van der Waals surface area contributed by atoms with Crippen LogP contribution in [-0.4, -0.2) is 40.3 Å². The molecule has 2 aliphatic rings. The number of hydrogen-bond donors (Lipinski definition) is 0. The van der Waals surface area contributed by atoms with Crippen LogP contribution in [0.15, 0.2) is 47.3 Å². The Hall–Kier alpha value is -3.35. The lowest BCUT2D eigenvalue weighted by Crippen LogP contribution is -2.34. The summed E-state index contributed by atoms with van der Waals surface area (Å²) in [6.07, 6.45) is 2.64. The normalized spacial score (nSPS) is 18.2. The number of aryl methyl sites for hydroxylation is 1. The molecule has 3 heterocycles. The van der Waals surface area contributed by atoms with Crippen LogP contribution in [0.3, 0.4) is 0 Å². The van der Waals surface area contributed by atoms with Crippen LogP contribution in [0, 0.1) is 0 Å². The number of benzene rings is 2. The Balaban J connectivity index is 1.54. The third kappa shape index (κ3) is 3.44. The summed E-state index contributed by atoms with van der Waals surface area (Å²) < 4.78 is 13.0.